The number of hydrogen-bond acceptors (Lipinski definition) is 2. The van der Waals surface area contributed by atoms with E-state index >= 15 is 0 Å². The van der Waals surface area contributed by atoms with Crippen molar-refractivity contribution in [1.29, 1.82) is 0 Å². The van der Waals surface area contributed by atoms with Crippen LogP contribution in [0, 0.1) is 0 Å². The lowest BCUT2D eigenvalue weighted by Gasteiger charge is -2.13. The molecule has 0 unspecified atom stereocenters. The minimum absolute atomic E-state index is 0.280. The van der Waals surface area contributed by atoms with Gasteiger partial charge in [0, 0.05) is 5.02 Å². The smallest absolute Gasteiger partial charge is 0.241 e. The van der Waals surface area contributed by atoms with Gasteiger partial charge >= 0.3 is 0 Å². The SMILES string of the molecule is N[C@@H](Cc1ccccc1)C(=O)Nc1ccc(Cl)cc1Cl. The Bertz CT molecular complexity index is 602. The van der Waals surface area contributed by atoms with Gasteiger partial charge in [0.15, 0.2) is 0 Å². The van der Waals surface area contributed by atoms with E-state index in [4.69, 9.17) is 28.9 Å². The monoisotopic (exact) mass is 308 g/mol. The van der Waals surface area contributed by atoms with Gasteiger partial charge in [-0.3, -0.25) is 4.79 Å². The molecular formula is C15H14Cl2N2O. The Kier molecular flexibility index (Phi) is 5.01. The Morgan fingerprint density at radius 1 is 1.15 bits per heavy atom. The highest BCUT2D eigenvalue weighted by Crippen LogP contribution is 2.25. The second kappa shape index (κ2) is 6.75. The fourth-order valence-corrected chi connectivity index (χ4v) is 2.23. The zero-order chi connectivity index (χ0) is 14.5. The molecule has 104 valence electrons. The van der Waals surface area contributed by atoms with Crippen LogP contribution >= 0.6 is 23.2 Å². The number of nitrogens with two attached hydrogens (primary N) is 1. The van der Waals surface area contributed by atoms with Crippen LogP contribution in [0.5, 0.6) is 0 Å². The maximum Gasteiger partial charge on any atom is 0.241 e. The summed E-state index contributed by atoms with van der Waals surface area (Å²) in [6.07, 6.45) is 0.470. The van der Waals surface area contributed by atoms with E-state index in [9.17, 15) is 4.79 Å². The van der Waals surface area contributed by atoms with E-state index in [0.717, 1.165) is 5.56 Å². The molecule has 0 aromatic heterocycles. The van der Waals surface area contributed by atoms with E-state index in [-0.39, 0.29) is 5.91 Å². The summed E-state index contributed by atoms with van der Waals surface area (Å²) in [5, 5.41) is 3.61. The molecule has 2 aromatic rings. The van der Waals surface area contributed by atoms with Gasteiger partial charge in [0.25, 0.3) is 0 Å². The predicted octanol–water partition coefficient (Wildman–Crippen LogP) is 3.50. The first kappa shape index (κ1) is 14.9. The van der Waals surface area contributed by atoms with Gasteiger partial charge in [-0.15, -0.1) is 0 Å². The minimum atomic E-state index is -0.635. The van der Waals surface area contributed by atoms with E-state index in [2.05, 4.69) is 5.32 Å². The number of carbonyl (C=O) groups excluding carboxylic acids is 1. The molecule has 0 aliphatic heterocycles. The third-order valence-corrected chi connectivity index (χ3v) is 3.37. The number of carbonyl (C=O) groups is 1. The van der Waals surface area contributed by atoms with Crippen molar-refractivity contribution in [3.63, 3.8) is 0 Å². The topological polar surface area (TPSA) is 55.1 Å². The highest BCUT2D eigenvalue weighted by Gasteiger charge is 2.15. The number of halogens is 2. The standard InChI is InChI=1S/C15H14Cl2N2O/c16-11-6-7-14(12(17)9-11)19-15(20)13(18)8-10-4-2-1-3-5-10/h1-7,9,13H,8,18H2,(H,19,20)/t13-/m0/s1. The third kappa shape index (κ3) is 3.97. The number of nitrogens with one attached hydrogen (secondary N) is 1. The molecule has 0 aliphatic rings. The lowest BCUT2D eigenvalue weighted by atomic mass is 10.1. The molecule has 2 rings (SSSR count). The lowest BCUT2D eigenvalue weighted by molar-refractivity contribution is -0.117. The van der Waals surface area contributed by atoms with Crippen LogP contribution in [0.3, 0.4) is 0 Å². The molecule has 20 heavy (non-hydrogen) atoms. The van der Waals surface area contributed by atoms with Crippen LogP contribution in [0.1, 0.15) is 5.56 Å². The number of anilines is 1. The van der Waals surface area contributed by atoms with Crippen molar-refractivity contribution in [3.05, 3.63) is 64.1 Å². The molecule has 1 amide bonds. The van der Waals surface area contributed by atoms with Crippen molar-refractivity contribution >= 4 is 34.8 Å². The average Bonchev–Trinajstić information content (AvgIpc) is 2.43. The van der Waals surface area contributed by atoms with Crippen LogP contribution in [0.2, 0.25) is 10.0 Å². The fraction of sp³-hybridized carbons (Fsp3) is 0.133. The minimum Gasteiger partial charge on any atom is -0.323 e. The van der Waals surface area contributed by atoms with Crippen molar-refractivity contribution in [2.45, 2.75) is 12.5 Å². The van der Waals surface area contributed by atoms with E-state index < -0.39 is 6.04 Å². The van der Waals surface area contributed by atoms with Crippen molar-refractivity contribution in [2.75, 3.05) is 5.32 Å². The fourth-order valence-electron chi connectivity index (χ4n) is 1.78. The van der Waals surface area contributed by atoms with Gasteiger partial charge < -0.3 is 11.1 Å². The quantitative estimate of drug-likeness (QED) is 0.908. The molecular weight excluding hydrogens is 295 g/mol. The first-order chi connectivity index (χ1) is 9.56. The molecule has 0 saturated carbocycles. The van der Waals surface area contributed by atoms with Gasteiger partial charge in [-0.25, -0.2) is 0 Å². The summed E-state index contributed by atoms with van der Waals surface area (Å²) in [5.74, 6) is -0.280. The number of rotatable bonds is 4. The van der Waals surface area contributed by atoms with Gasteiger partial charge in [-0.2, -0.15) is 0 Å². The van der Waals surface area contributed by atoms with E-state index in [1.54, 1.807) is 18.2 Å². The Morgan fingerprint density at radius 3 is 2.50 bits per heavy atom. The molecule has 0 radical (unpaired) electrons. The van der Waals surface area contributed by atoms with Gasteiger partial charge in [0.1, 0.15) is 0 Å². The molecule has 3 nitrogen and oxygen atoms in total. The first-order valence-corrected chi connectivity index (χ1v) is 6.87. The zero-order valence-corrected chi connectivity index (χ0v) is 12.2. The second-order valence-electron chi connectivity index (χ2n) is 4.41. The van der Waals surface area contributed by atoms with Crippen molar-refractivity contribution in [3.8, 4) is 0 Å². The molecule has 2 aromatic carbocycles. The summed E-state index contributed by atoms with van der Waals surface area (Å²) in [4.78, 5) is 12.0. The molecule has 0 spiro atoms. The molecule has 3 N–H and O–H groups in total. The zero-order valence-electron chi connectivity index (χ0n) is 10.6. The van der Waals surface area contributed by atoms with E-state index in [0.29, 0.717) is 22.2 Å². The lowest BCUT2D eigenvalue weighted by Crippen LogP contribution is -2.37. The normalized spacial score (nSPS) is 11.9. The average molecular weight is 309 g/mol. The second-order valence-corrected chi connectivity index (χ2v) is 5.25. The number of benzene rings is 2. The Hall–Kier alpha value is -1.55. The maximum atomic E-state index is 12.0. The summed E-state index contributed by atoms with van der Waals surface area (Å²) < 4.78 is 0. The summed E-state index contributed by atoms with van der Waals surface area (Å²) in [6.45, 7) is 0. The maximum absolute atomic E-state index is 12.0. The van der Waals surface area contributed by atoms with Gasteiger partial charge in [-0.1, -0.05) is 53.5 Å². The van der Waals surface area contributed by atoms with E-state index in [1.807, 2.05) is 30.3 Å². The summed E-state index contributed by atoms with van der Waals surface area (Å²) in [6, 6.07) is 13.9. The van der Waals surface area contributed by atoms with Crippen molar-refractivity contribution in [2.24, 2.45) is 5.73 Å². The van der Waals surface area contributed by atoms with Gasteiger partial charge in [-0.05, 0) is 30.2 Å². The number of hydrogen-bond donors (Lipinski definition) is 2. The third-order valence-electron chi connectivity index (χ3n) is 2.82. The van der Waals surface area contributed by atoms with Crippen LogP contribution in [-0.4, -0.2) is 11.9 Å². The van der Waals surface area contributed by atoms with Crippen LogP contribution in [0.25, 0.3) is 0 Å². The molecule has 0 bridgehead atoms. The van der Waals surface area contributed by atoms with Gasteiger partial charge in [0.05, 0.1) is 16.8 Å². The van der Waals surface area contributed by atoms with Crippen LogP contribution in [0.15, 0.2) is 48.5 Å². The molecule has 0 saturated heterocycles. The van der Waals surface area contributed by atoms with E-state index in [1.165, 1.54) is 0 Å². The summed E-state index contributed by atoms with van der Waals surface area (Å²) in [5.41, 5.74) is 7.41. The molecule has 0 heterocycles. The Morgan fingerprint density at radius 2 is 1.85 bits per heavy atom. The molecule has 5 heteroatoms. The molecule has 1 atom stereocenters. The highest BCUT2D eigenvalue weighted by atomic mass is 35.5. The Balaban J connectivity index is 2.01. The van der Waals surface area contributed by atoms with Crippen molar-refractivity contribution < 1.29 is 4.79 Å². The summed E-state index contributed by atoms with van der Waals surface area (Å²) in [7, 11) is 0. The largest absolute Gasteiger partial charge is 0.323 e. The van der Waals surface area contributed by atoms with Crippen molar-refractivity contribution in [1.82, 2.24) is 0 Å². The van der Waals surface area contributed by atoms with Crippen LogP contribution < -0.4 is 11.1 Å². The molecule has 0 aliphatic carbocycles. The van der Waals surface area contributed by atoms with Crippen LogP contribution in [-0.2, 0) is 11.2 Å². The Labute approximate surface area is 127 Å². The predicted molar refractivity (Wildman–Crippen MR) is 83.2 cm³/mol. The first-order valence-electron chi connectivity index (χ1n) is 6.11. The molecule has 0 fully saturated rings. The van der Waals surface area contributed by atoms with Crippen LogP contribution in [0.4, 0.5) is 5.69 Å². The highest BCUT2D eigenvalue weighted by molar-refractivity contribution is 6.36. The van der Waals surface area contributed by atoms with Gasteiger partial charge in [0.2, 0.25) is 5.91 Å². The summed E-state index contributed by atoms with van der Waals surface area (Å²) >= 11 is 11.8. The number of amides is 1.